The molecule has 14 heavy (non-hydrogen) atoms. The maximum Gasteiger partial charge on any atom is 0.0991 e. The maximum atomic E-state index is 8.66. The van der Waals surface area contributed by atoms with Gasteiger partial charge in [-0.3, -0.25) is 0 Å². The first-order valence-corrected chi connectivity index (χ1v) is 4.23. The fourth-order valence-electron chi connectivity index (χ4n) is 1.19. The van der Waals surface area contributed by atoms with Gasteiger partial charge in [-0.2, -0.15) is 5.26 Å². The van der Waals surface area contributed by atoms with Crippen molar-refractivity contribution in [1.82, 2.24) is 0 Å². The molecular formula is C10H14ClN3. The van der Waals surface area contributed by atoms with Crippen molar-refractivity contribution in [3.05, 3.63) is 35.4 Å². The zero-order chi connectivity index (χ0) is 9.68. The molecule has 4 heteroatoms. The molecule has 0 aliphatic rings. The highest BCUT2D eigenvalue weighted by Gasteiger charge is 2.04. The van der Waals surface area contributed by atoms with Crippen LogP contribution in [0.5, 0.6) is 0 Å². The minimum Gasteiger partial charge on any atom is -0.330 e. The van der Waals surface area contributed by atoms with Crippen LogP contribution in [0.3, 0.4) is 0 Å². The van der Waals surface area contributed by atoms with E-state index in [-0.39, 0.29) is 18.4 Å². The van der Waals surface area contributed by atoms with Gasteiger partial charge in [-0.15, -0.1) is 12.4 Å². The van der Waals surface area contributed by atoms with Gasteiger partial charge in [0.2, 0.25) is 0 Å². The standard InChI is InChI=1S/C10H13N3.ClH/c11-5-4-10(13)9-3-1-2-8(6-9)7-12;/h1-3,6,10H,4-5,11,13H2;1H/t10-;/m1./s1. The zero-order valence-corrected chi connectivity index (χ0v) is 8.63. The maximum absolute atomic E-state index is 8.66. The molecule has 0 radical (unpaired) electrons. The van der Waals surface area contributed by atoms with Gasteiger partial charge in [0.15, 0.2) is 0 Å². The van der Waals surface area contributed by atoms with Crippen molar-refractivity contribution in [2.24, 2.45) is 11.5 Å². The third-order valence-corrected chi connectivity index (χ3v) is 1.92. The Morgan fingerprint density at radius 2 is 2.14 bits per heavy atom. The van der Waals surface area contributed by atoms with Crippen LogP contribution >= 0.6 is 12.4 Å². The van der Waals surface area contributed by atoms with Crippen LogP contribution in [-0.2, 0) is 0 Å². The van der Waals surface area contributed by atoms with Gasteiger partial charge in [-0.05, 0) is 30.7 Å². The molecule has 0 amide bonds. The summed E-state index contributed by atoms with van der Waals surface area (Å²) in [5, 5.41) is 8.66. The molecule has 0 aliphatic carbocycles. The zero-order valence-electron chi connectivity index (χ0n) is 7.81. The summed E-state index contributed by atoms with van der Waals surface area (Å²) in [6, 6.07) is 9.34. The number of hydrogen-bond donors (Lipinski definition) is 2. The molecule has 0 bridgehead atoms. The van der Waals surface area contributed by atoms with Gasteiger partial charge < -0.3 is 11.5 Å². The van der Waals surface area contributed by atoms with Crippen molar-refractivity contribution in [2.75, 3.05) is 6.54 Å². The first kappa shape index (κ1) is 12.9. The highest BCUT2D eigenvalue weighted by molar-refractivity contribution is 5.85. The number of hydrogen-bond acceptors (Lipinski definition) is 3. The van der Waals surface area contributed by atoms with E-state index in [0.717, 1.165) is 12.0 Å². The van der Waals surface area contributed by atoms with Crippen LogP contribution in [0.1, 0.15) is 23.6 Å². The lowest BCUT2D eigenvalue weighted by Gasteiger charge is -2.10. The summed E-state index contributed by atoms with van der Waals surface area (Å²) in [5.41, 5.74) is 12.9. The molecule has 1 atom stereocenters. The van der Waals surface area contributed by atoms with Crippen molar-refractivity contribution in [1.29, 1.82) is 5.26 Å². The summed E-state index contributed by atoms with van der Waals surface area (Å²) in [6.07, 6.45) is 0.745. The van der Waals surface area contributed by atoms with Crippen LogP contribution in [0.25, 0.3) is 0 Å². The van der Waals surface area contributed by atoms with E-state index < -0.39 is 0 Å². The van der Waals surface area contributed by atoms with E-state index in [1.54, 1.807) is 12.1 Å². The minimum atomic E-state index is -0.0571. The molecule has 76 valence electrons. The highest BCUT2D eigenvalue weighted by Crippen LogP contribution is 2.14. The summed E-state index contributed by atoms with van der Waals surface area (Å²) in [4.78, 5) is 0. The normalized spacial score (nSPS) is 11.2. The molecule has 1 aromatic rings. The van der Waals surface area contributed by atoms with Crippen molar-refractivity contribution in [3.63, 3.8) is 0 Å². The molecular weight excluding hydrogens is 198 g/mol. The third-order valence-electron chi connectivity index (χ3n) is 1.92. The SMILES string of the molecule is Cl.N#Cc1cccc([C@H](N)CCN)c1. The summed E-state index contributed by atoms with van der Waals surface area (Å²) in [7, 11) is 0. The van der Waals surface area contributed by atoms with Crippen LogP contribution < -0.4 is 11.5 Å². The molecule has 1 rings (SSSR count). The molecule has 0 aromatic heterocycles. The Balaban J connectivity index is 0.00000169. The lowest BCUT2D eigenvalue weighted by atomic mass is 10.0. The van der Waals surface area contributed by atoms with Gasteiger partial charge in [0.05, 0.1) is 11.6 Å². The summed E-state index contributed by atoms with van der Waals surface area (Å²) in [6.45, 7) is 0.567. The minimum absolute atomic E-state index is 0. The van der Waals surface area contributed by atoms with Gasteiger partial charge in [0.1, 0.15) is 0 Å². The Morgan fingerprint density at radius 1 is 1.43 bits per heavy atom. The van der Waals surface area contributed by atoms with Gasteiger partial charge in [-0.1, -0.05) is 12.1 Å². The van der Waals surface area contributed by atoms with Crippen molar-refractivity contribution in [2.45, 2.75) is 12.5 Å². The summed E-state index contributed by atoms with van der Waals surface area (Å²) in [5.74, 6) is 0. The lowest BCUT2D eigenvalue weighted by Crippen LogP contribution is -2.15. The average Bonchev–Trinajstić information content (AvgIpc) is 2.18. The second kappa shape index (κ2) is 6.39. The van der Waals surface area contributed by atoms with E-state index in [2.05, 4.69) is 6.07 Å². The van der Waals surface area contributed by atoms with E-state index in [1.807, 2.05) is 12.1 Å². The molecule has 0 spiro atoms. The van der Waals surface area contributed by atoms with Crippen LogP contribution in [-0.4, -0.2) is 6.54 Å². The molecule has 4 N–H and O–H groups in total. The first-order chi connectivity index (χ1) is 6.27. The topological polar surface area (TPSA) is 75.8 Å². The largest absolute Gasteiger partial charge is 0.330 e. The Labute approximate surface area is 90.1 Å². The smallest absolute Gasteiger partial charge is 0.0991 e. The second-order valence-electron chi connectivity index (χ2n) is 2.92. The van der Waals surface area contributed by atoms with E-state index in [4.69, 9.17) is 16.7 Å². The van der Waals surface area contributed by atoms with Crippen LogP contribution in [0.2, 0.25) is 0 Å². The number of nitrogens with zero attached hydrogens (tertiary/aromatic N) is 1. The Hall–Kier alpha value is -1.08. The summed E-state index contributed by atoms with van der Waals surface area (Å²) < 4.78 is 0. The predicted octanol–water partition coefficient (Wildman–Crippen LogP) is 1.33. The van der Waals surface area contributed by atoms with E-state index in [0.29, 0.717) is 12.1 Å². The third kappa shape index (κ3) is 3.35. The van der Waals surface area contributed by atoms with E-state index >= 15 is 0 Å². The van der Waals surface area contributed by atoms with Crippen molar-refractivity contribution in [3.8, 4) is 6.07 Å². The average molecular weight is 212 g/mol. The molecule has 1 aromatic carbocycles. The molecule has 0 heterocycles. The molecule has 0 saturated heterocycles. The van der Waals surface area contributed by atoms with E-state index in [9.17, 15) is 0 Å². The van der Waals surface area contributed by atoms with Crippen LogP contribution in [0.4, 0.5) is 0 Å². The molecule has 0 saturated carbocycles. The van der Waals surface area contributed by atoms with Gasteiger partial charge in [0.25, 0.3) is 0 Å². The Morgan fingerprint density at radius 3 is 2.71 bits per heavy atom. The van der Waals surface area contributed by atoms with Gasteiger partial charge in [0, 0.05) is 6.04 Å². The number of nitrogens with two attached hydrogens (primary N) is 2. The van der Waals surface area contributed by atoms with E-state index in [1.165, 1.54) is 0 Å². The second-order valence-corrected chi connectivity index (χ2v) is 2.92. The van der Waals surface area contributed by atoms with Crippen molar-refractivity contribution >= 4 is 12.4 Å². The molecule has 0 unspecified atom stereocenters. The molecule has 0 fully saturated rings. The number of benzene rings is 1. The number of halogens is 1. The number of rotatable bonds is 3. The lowest BCUT2D eigenvalue weighted by molar-refractivity contribution is 0.661. The van der Waals surface area contributed by atoms with Crippen LogP contribution in [0, 0.1) is 11.3 Å². The Kier molecular flexibility index (Phi) is 5.89. The van der Waals surface area contributed by atoms with Gasteiger partial charge in [-0.25, -0.2) is 0 Å². The quantitative estimate of drug-likeness (QED) is 0.792. The number of nitriles is 1. The fraction of sp³-hybridized carbons (Fsp3) is 0.300. The monoisotopic (exact) mass is 211 g/mol. The van der Waals surface area contributed by atoms with Gasteiger partial charge >= 0.3 is 0 Å². The molecule has 3 nitrogen and oxygen atoms in total. The highest BCUT2D eigenvalue weighted by atomic mass is 35.5. The molecule has 0 aliphatic heterocycles. The fourth-order valence-corrected chi connectivity index (χ4v) is 1.19. The van der Waals surface area contributed by atoms with Crippen molar-refractivity contribution < 1.29 is 0 Å². The Bertz CT molecular complexity index is 319. The summed E-state index contributed by atoms with van der Waals surface area (Å²) >= 11 is 0. The first-order valence-electron chi connectivity index (χ1n) is 4.23. The predicted molar refractivity (Wildman–Crippen MR) is 59.0 cm³/mol. The van der Waals surface area contributed by atoms with Crippen LogP contribution in [0.15, 0.2) is 24.3 Å².